The van der Waals surface area contributed by atoms with Gasteiger partial charge in [0.1, 0.15) is 28.9 Å². The van der Waals surface area contributed by atoms with E-state index in [4.69, 9.17) is 0 Å². The minimum Gasteiger partial charge on any atom is -0.356 e. The van der Waals surface area contributed by atoms with E-state index >= 15 is 0 Å². The van der Waals surface area contributed by atoms with E-state index in [1.54, 1.807) is 0 Å². The Morgan fingerprint density at radius 3 is 0.884 bits per heavy atom. The summed E-state index contributed by atoms with van der Waals surface area (Å²) in [6, 6.07) is 1.08. The number of rotatable bonds is 25. The van der Waals surface area contributed by atoms with Crippen LogP contribution in [0.3, 0.4) is 0 Å². The van der Waals surface area contributed by atoms with Crippen LogP contribution in [0, 0.1) is 65.1 Å². The third kappa shape index (κ3) is 79.6. The van der Waals surface area contributed by atoms with Crippen molar-refractivity contribution in [3.05, 3.63) is 0 Å². The second-order valence-electron chi connectivity index (χ2n) is 23.4. The van der Waals surface area contributed by atoms with Crippen LogP contribution < -0.4 is 21.3 Å². The highest BCUT2D eigenvalue weighted by atomic mass is 16.2. The lowest BCUT2D eigenvalue weighted by Crippen LogP contribution is -2.31. The number of hydrogen-bond acceptors (Lipinski definition) is 9. The lowest BCUT2D eigenvalue weighted by molar-refractivity contribution is -0.124. The van der Waals surface area contributed by atoms with Crippen molar-refractivity contribution in [2.75, 3.05) is 19.6 Å². The first kappa shape index (κ1) is 80.3. The Kier molecular flexibility index (Phi) is 58.4. The van der Waals surface area contributed by atoms with E-state index < -0.39 is 0 Å². The number of hydrogen-bond donors (Lipinski definition) is 4. The Morgan fingerprint density at radius 1 is 0.333 bits per heavy atom. The molecule has 69 heavy (non-hydrogen) atoms. The largest absolute Gasteiger partial charge is 0.356 e. The molecule has 0 fully saturated rings. The molecule has 11 nitrogen and oxygen atoms in total. The van der Waals surface area contributed by atoms with Crippen LogP contribution in [0.2, 0.25) is 0 Å². The molecule has 0 rings (SSSR count). The Labute approximate surface area is 429 Å². The lowest BCUT2D eigenvalue weighted by atomic mass is 9.99. The van der Waals surface area contributed by atoms with Gasteiger partial charge in [-0.15, -0.1) is 0 Å². The van der Waals surface area contributed by atoms with Crippen molar-refractivity contribution in [2.24, 2.45) is 65.1 Å². The van der Waals surface area contributed by atoms with Gasteiger partial charge in [-0.25, -0.2) is 0 Å². The Hall–Kier alpha value is -2.79. The zero-order valence-corrected chi connectivity index (χ0v) is 50.8. The summed E-state index contributed by atoms with van der Waals surface area (Å²) in [6.07, 6.45) is 4.67. The van der Waals surface area contributed by atoms with Gasteiger partial charge in [0.05, 0.1) is 13.1 Å². The van der Waals surface area contributed by atoms with Gasteiger partial charge in [0.15, 0.2) is 0 Å². The van der Waals surface area contributed by atoms with Crippen molar-refractivity contribution in [1.29, 1.82) is 0 Å². The van der Waals surface area contributed by atoms with Gasteiger partial charge in [-0.1, -0.05) is 180 Å². The Balaban J connectivity index is -0.000000130. The molecular weight excluding hydrogens is 865 g/mol. The van der Waals surface area contributed by atoms with Gasteiger partial charge in [-0.3, -0.25) is 33.6 Å². The lowest BCUT2D eigenvalue weighted by Gasteiger charge is -2.09. The smallest absolute Gasteiger partial charge is 0.222 e. The van der Waals surface area contributed by atoms with E-state index in [0.717, 1.165) is 38.6 Å². The van der Waals surface area contributed by atoms with Crippen LogP contribution in [0.5, 0.6) is 0 Å². The molecule has 0 atom stereocenters. The molecule has 0 aliphatic carbocycles. The first-order chi connectivity index (χ1) is 31.2. The van der Waals surface area contributed by atoms with Crippen LogP contribution in [0.25, 0.3) is 0 Å². The number of nitrogens with one attached hydrogen (secondary N) is 4. The summed E-state index contributed by atoms with van der Waals surface area (Å²) < 4.78 is 0. The average Bonchev–Trinajstić information content (AvgIpc) is 3.16. The molecule has 0 saturated heterocycles. The van der Waals surface area contributed by atoms with Gasteiger partial charge >= 0.3 is 0 Å². The Bertz CT molecular complexity index is 1110. The highest BCUT2D eigenvalue weighted by molar-refractivity contribution is 5.83. The monoisotopic (exact) mass is 985 g/mol. The first-order valence-corrected chi connectivity index (χ1v) is 26.9. The summed E-state index contributed by atoms with van der Waals surface area (Å²) in [5.74, 6) is 6.13. The predicted molar refractivity (Wildman–Crippen MR) is 299 cm³/mol. The van der Waals surface area contributed by atoms with E-state index in [1.807, 2.05) is 125 Å². The fraction of sp³-hybridized carbons (Fsp3) is 0.879. The fourth-order valence-corrected chi connectivity index (χ4v) is 4.63. The maximum absolute atomic E-state index is 11.1. The number of ketones is 5. The van der Waals surface area contributed by atoms with Crippen molar-refractivity contribution >= 4 is 40.7 Å². The number of carbonyl (C=O) groups is 7. The van der Waals surface area contributed by atoms with E-state index in [1.165, 1.54) is 0 Å². The summed E-state index contributed by atoms with van der Waals surface area (Å²) in [5, 5.41) is 11.8. The van der Waals surface area contributed by atoms with Gasteiger partial charge < -0.3 is 21.3 Å². The highest BCUT2D eigenvalue weighted by Crippen LogP contribution is 2.09. The average molecular weight is 986 g/mol. The van der Waals surface area contributed by atoms with Crippen LogP contribution in [-0.4, -0.2) is 78.5 Å². The molecule has 0 aromatic heterocycles. The van der Waals surface area contributed by atoms with E-state index in [2.05, 4.69) is 90.5 Å². The van der Waals surface area contributed by atoms with Gasteiger partial charge in [-0.2, -0.15) is 0 Å². The van der Waals surface area contributed by atoms with Crippen LogP contribution >= 0.6 is 0 Å². The zero-order valence-electron chi connectivity index (χ0n) is 50.8. The molecule has 0 aromatic rings. The number of amides is 2. The second-order valence-corrected chi connectivity index (χ2v) is 23.4. The molecule has 4 N–H and O–H groups in total. The van der Waals surface area contributed by atoms with Crippen molar-refractivity contribution in [2.45, 2.75) is 251 Å². The molecule has 11 heteroatoms. The molecule has 0 radical (unpaired) electrons. The summed E-state index contributed by atoms with van der Waals surface area (Å²) in [4.78, 5) is 76.9. The maximum atomic E-state index is 11.1. The van der Waals surface area contributed by atoms with E-state index in [-0.39, 0.29) is 59.0 Å². The molecule has 0 bridgehead atoms. The molecule has 0 aromatic carbocycles. The quantitative estimate of drug-likeness (QED) is 0.0696. The summed E-state index contributed by atoms with van der Waals surface area (Å²) in [5.41, 5.74) is 0. The normalized spacial score (nSPS) is 10.9. The standard InChI is InChI=1S/2C9H18O.4C8H17NO.C8H16O/c1-7(2)5-9(10)6-8(3)4;1-7(2)5-6-9(10)8(3)4;2*1-6(2)8(10)5-9-7(3)4;1-6(2)5-9-8(10)7(3)4;1-6(2)5-8(10)9-7(3)4;1-6(2)5-8(9)7(3)4/h2*7-8H,5-6H2,1-4H3;2*6-7,9H,5H2,1-4H3;2*6-7H,5H2,1-4H3,(H,9,10);6-7H,5H2,1-4H3. The molecule has 0 unspecified atom stereocenters. The molecular formula is C58H120N4O7. The molecule has 2 amide bonds. The maximum Gasteiger partial charge on any atom is 0.222 e. The third-order valence-corrected chi connectivity index (χ3v) is 9.05. The number of Topliss-reactive ketones (excluding diaryl/α,β-unsaturated/α-hetero) is 5. The predicted octanol–water partition coefficient (Wildman–Crippen LogP) is 12.9. The van der Waals surface area contributed by atoms with Crippen LogP contribution in [0.15, 0.2) is 0 Å². The highest BCUT2D eigenvalue weighted by Gasteiger charge is 2.11. The van der Waals surface area contributed by atoms with Crippen molar-refractivity contribution in [3.8, 4) is 0 Å². The SMILES string of the molecule is CC(C)CC(=O)C(C)C.CC(C)CC(=O)CC(C)C.CC(C)CC(=O)NC(C)C.CC(C)CCC(=O)C(C)C.CC(C)CNC(=O)C(C)C.CC(C)NCC(=O)C(C)C.CC(C)NCC(=O)C(C)C. The Morgan fingerprint density at radius 2 is 0.667 bits per heavy atom. The molecule has 414 valence electrons. The molecule has 0 aliphatic heterocycles. The van der Waals surface area contributed by atoms with Gasteiger partial charge in [0.2, 0.25) is 11.8 Å². The molecule has 0 saturated carbocycles. The third-order valence-electron chi connectivity index (χ3n) is 9.05. The van der Waals surface area contributed by atoms with Crippen LogP contribution in [0.4, 0.5) is 0 Å². The van der Waals surface area contributed by atoms with Crippen molar-refractivity contribution < 1.29 is 33.6 Å². The zero-order chi connectivity index (χ0) is 56.3. The van der Waals surface area contributed by atoms with Gasteiger partial charge in [-0.05, 0) is 55.8 Å². The summed E-state index contributed by atoms with van der Waals surface area (Å²) >= 11 is 0. The minimum atomic E-state index is 0.110. The number of carbonyl (C=O) groups excluding carboxylic acids is 7. The van der Waals surface area contributed by atoms with Crippen molar-refractivity contribution in [3.63, 3.8) is 0 Å². The van der Waals surface area contributed by atoms with E-state index in [9.17, 15) is 33.6 Å². The topological polar surface area (TPSA) is 168 Å². The van der Waals surface area contributed by atoms with E-state index in [0.29, 0.717) is 84.5 Å². The first-order valence-electron chi connectivity index (χ1n) is 26.9. The van der Waals surface area contributed by atoms with Gasteiger partial charge in [0.25, 0.3) is 0 Å². The molecule has 0 heterocycles. The molecule has 0 aliphatic rings. The summed E-state index contributed by atoms with van der Waals surface area (Å²) in [6.45, 7) is 58.2. The minimum absolute atomic E-state index is 0.110. The van der Waals surface area contributed by atoms with Crippen molar-refractivity contribution in [1.82, 2.24) is 21.3 Å². The second kappa shape index (κ2) is 50.2. The molecule has 0 spiro atoms. The van der Waals surface area contributed by atoms with Gasteiger partial charge in [0, 0.05) is 86.4 Å². The fourth-order valence-electron chi connectivity index (χ4n) is 4.63. The summed E-state index contributed by atoms with van der Waals surface area (Å²) in [7, 11) is 0. The van der Waals surface area contributed by atoms with Crippen LogP contribution in [0.1, 0.15) is 232 Å². The van der Waals surface area contributed by atoms with Crippen LogP contribution in [-0.2, 0) is 33.6 Å².